The lowest BCUT2D eigenvalue weighted by molar-refractivity contribution is 0.00694. The molecule has 21 heavy (non-hydrogen) atoms. The van der Waals surface area contributed by atoms with Gasteiger partial charge in [-0.25, -0.2) is 4.79 Å². The van der Waals surface area contributed by atoms with Crippen LogP contribution < -0.4 is 0 Å². The predicted octanol–water partition coefficient (Wildman–Crippen LogP) is 4.54. The summed E-state index contributed by atoms with van der Waals surface area (Å²) in [5.41, 5.74) is 3.74. The maximum atomic E-state index is 12.1. The molecule has 2 heteroatoms. The summed E-state index contributed by atoms with van der Waals surface area (Å²) in [5.74, 6) is -0.270. The number of rotatable bonds is 3. The fourth-order valence-corrected chi connectivity index (χ4v) is 2.09. The molecule has 0 saturated carbocycles. The second kappa shape index (κ2) is 6.13. The van der Waals surface area contributed by atoms with Gasteiger partial charge in [0.25, 0.3) is 0 Å². The van der Waals surface area contributed by atoms with E-state index >= 15 is 0 Å². The first-order chi connectivity index (χ1) is 9.83. The van der Waals surface area contributed by atoms with Crippen molar-refractivity contribution in [2.75, 3.05) is 0 Å². The van der Waals surface area contributed by atoms with Gasteiger partial charge in [0.15, 0.2) is 0 Å². The van der Waals surface area contributed by atoms with Crippen LogP contribution in [0.3, 0.4) is 0 Å². The highest BCUT2D eigenvalue weighted by atomic mass is 16.6. The minimum absolute atomic E-state index is 0.270. The first-order valence-electron chi connectivity index (χ1n) is 7.21. The lowest BCUT2D eigenvalue weighted by Crippen LogP contribution is -2.23. The van der Waals surface area contributed by atoms with Gasteiger partial charge in [-0.05, 0) is 57.4 Å². The molecule has 0 aromatic heterocycles. The number of hydrogen-bond donors (Lipinski definition) is 0. The molecular weight excluding hydrogens is 260 g/mol. The maximum Gasteiger partial charge on any atom is 0.338 e. The number of aryl methyl sites for hydroxylation is 1. The Morgan fingerprint density at radius 3 is 2.29 bits per heavy atom. The van der Waals surface area contributed by atoms with E-state index in [1.165, 1.54) is 11.1 Å². The third-order valence-corrected chi connectivity index (χ3v) is 3.09. The summed E-state index contributed by atoms with van der Waals surface area (Å²) in [7, 11) is 0. The zero-order valence-electron chi connectivity index (χ0n) is 13.1. The molecule has 2 nitrogen and oxygen atoms in total. The number of carbonyl (C=O) groups excluding carboxylic acids is 1. The van der Waals surface area contributed by atoms with Gasteiger partial charge in [-0.3, -0.25) is 0 Å². The molecule has 0 heterocycles. The Labute approximate surface area is 126 Å². The van der Waals surface area contributed by atoms with E-state index in [0.29, 0.717) is 5.56 Å². The minimum atomic E-state index is -0.468. The molecule has 110 valence electrons. The fourth-order valence-electron chi connectivity index (χ4n) is 2.09. The third kappa shape index (κ3) is 4.75. The van der Waals surface area contributed by atoms with E-state index in [0.717, 1.165) is 12.0 Å². The van der Waals surface area contributed by atoms with Crippen molar-refractivity contribution in [1.82, 2.24) is 0 Å². The Hall–Kier alpha value is -2.09. The topological polar surface area (TPSA) is 26.3 Å². The quantitative estimate of drug-likeness (QED) is 0.772. The number of hydrogen-bond acceptors (Lipinski definition) is 2. The molecule has 0 bridgehead atoms. The van der Waals surface area contributed by atoms with Crippen molar-refractivity contribution in [2.24, 2.45) is 0 Å². The van der Waals surface area contributed by atoms with Crippen LogP contribution in [0, 0.1) is 6.92 Å². The van der Waals surface area contributed by atoms with Crippen molar-refractivity contribution in [3.8, 4) is 0 Å². The summed E-state index contributed by atoms with van der Waals surface area (Å²) in [5, 5.41) is 0. The van der Waals surface area contributed by atoms with E-state index in [4.69, 9.17) is 4.74 Å². The first kappa shape index (κ1) is 15.3. The SMILES string of the molecule is Cc1ccc(Cc2cccc(C(=O)OC(C)(C)C)c2)cc1. The molecule has 0 unspecified atom stereocenters. The molecule has 0 amide bonds. The van der Waals surface area contributed by atoms with Crippen LogP contribution in [-0.4, -0.2) is 11.6 Å². The molecule has 2 rings (SSSR count). The second-order valence-electron chi connectivity index (χ2n) is 6.36. The van der Waals surface area contributed by atoms with Crippen molar-refractivity contribution < 1.29 is 9.53 Å². The number of ether oxygens (including phenoxy) is 1. The Bertz CT molecular complexity index is 619. The normalized spacial score (nSPS) is 11.2. The van der Waals surface area contributed by atoms with Crippen LogP contribution in [0.25, 0.3) is 0 Å². The zero-order chi connectivity index (χ0) is 15.5. The Kier molecular flexibility index (Phi) is 4.46. The van der Waals surface area contributed by atoms with Crippen LogP contribution in [0.2, 0.25) is 0 Å². The molecule has 0 aliphatic carbocycles. The standard InChI is InChI=1S/C19H22O2/c1-14-8-10-15(11-9-14)12-16-6-5-7-17(13-16)18(20)21-19(2,3)4/h5-11,13H,12H2,1-4H3. The Morgan fingerprint density at radius 2 is 1.67 bits per heavy atom. The van der Waals surface area contributed by atoms with Gasteiger partial charge in [-0.15, -0.1) is 0 Å². The molecule has 0 radical (unpaired) electrons. The van der Waals surface area contributed by atoms with Crippen LogP contribution in [0.1, 0.15) is 47.8 Å². The van der Waals surface area contributed by atoms with E-state index in [9.17, 15) is 4.79 Å². The molecule has 0 fully saturated rings. The molecule has 0 atom stereocenters. The highest BCUT2D eigenvalue weighted by molar-refractivity contribution is 5.89. The minimum Gasteiger partial charge on any atom is -0.456 e. The number of esters is 1. The summed E-state index contributed by atoms with van der Waals surface area (Å²) >= 11 is 0. The largest absolute Gasteiger partial charge is 0.456 e. The highest BCUT2D eigenvalue weighted by Crippen LogP contribution is 2.16. The monoisotopic (exact) mass is 282 g/mol. The second-order valence-corrected chi connectivity index (χ2v) is 6.36. The molecule has 2 aromatic carbocycles. The van der Waals surface area contributed by atoms with Crippen molar-refractivity contribution in [2.45, 2.75) is 39.7 Å². The smallest absolute Gasteiger partial charge is 0.338 e. The summed E-state index contributed by atoms with van der Waals surface area (Å²) in [6.45, 7) is 7.70. The van der Waals surface area contributed by atoms with Crippen molar-refractivity contribution in [3.63, 3.8) is 0 Å². The highest BCUT2D eigenvalue weighted by Gasteiger charge is 2.17. The first-order valence-corrected chi connectivity index (χ1v) is 7.21. The number of carbonyl (C=O) groups is 1. The molecule has 0 aliphatic heterocycles. The van der Waals surface area contributed by atoms with E-state index in [1.54, 1.807) is 6.07 Å². The van der Waals surface area contributed by atoms with Gasteiger partial charge >= 0.3 is 5.97 Å². The molecule has 2 aromatic rings. The van der Waals surface area contributed by atoms with Crippen LogP contribution >= 0.6 is 0 Å². The van der Waals surface area contributed by atoms with Gasteiger partial charge < -0.3 is 4.74 Å². The average molecular weight is 282 g/mol. The van der Waals surface area contributed by atoms with Gasteiger partial charge in [-0.1, -0.05) is 42.0 Å². The van der Waals surface area contributed by atoms with Crippen molar-refractivity contribution in [1.29, 1.82) is 0 Å². The van der Waals surface area contributed by atoms with Crippen LogP contribution in [0.4, 0.5) is 0 Å². The maximum absolute atomic E-state index is 12.1. The molecule has 0 aliphatic rings. The molecule has 0 spiro atoms. The number of benzene rings is 2. The predicted molar refractivity (Wildman–Crippen MR) is 85.6 cm³/mol. The Morgan fingerprint density at radius 1 is 1.00 bits per heavy atom. The van der Waals surface area contributed by atoms with Gasteiger partial charge in [0.05, 0.1) is 5.56 Å². The van der Waals surface area contributed by atoms with Crippen LogP contribution in [0.15, 0.2) is 48.5 Å². The van der Waals surface area contributed by atoms with Gasteiger partial charge in [0.1, 0.15) is 5.60 Å². The van der Waals surface area contributed by atoms with E-state index < -0.39 is 5.60 Å². The fraction of sp³-hybridized carbons (Fsp3) is 0.316. The molecular formula is C19H22O2. The summed E-state index contributed by atoms with van der Waals surface area (Å²) in [6, 6.07) is 16.1. The lowest BCUT2D eigenvalue weighted by atomic mass is 10.0. The summed E-state index contributed by atoms with van der Waals surface area (Å²) < 4.78 is 5.41. The van der Waals surface area contributed by atoms with Crippen LogP contribution in [0.5, 0.6) is 0 Å². The Balaban J connectivity index is 2.14. The summed E-state index contributed by atoms with van der Waals surface area (Å²) in [6.07, 6.45) is 0.816. The van der Waals surface area contributed by atoms with Gasteiger partial charge in [0, 0.05) is 0 Å². The molecule has 0 saturated heterocycles. The van der Waals surface area contributed by atoms with Gasteiger partial charge in [0.2, 0.25) is 0 Å². The lowest BCUT2D eigenvalue weighted by Gasteiger charge is -2.19. The summed E-state index contributed by atoms with van der Waals surface area (Å²) in [4.78, 5) is 12.1. The van der Waals surface area contributed by atoms with Crippen molar-refractivity contribution >= 4 is 5.97 Å². The van der Waals surface area contributed by atoms with E-state index in [2.05, 4.69) is 31.2 Å². The van der Waals surface area contributed by atoms with Gasteiger partial charge in [-0.2, -0.15) is 0 Å². The van der Waals surface area contributed by atoms with Crippen LogP contribution in [-0.2, 0) is 11.2 Å². The zero-order valence-corrected chi connectivity index (χ0v) is 13.1. The third-order valence-electron chi connectivity index (χ3n) is 3.09. The van der Waals surface area contributed by atoms with E-state index in [-0.39, 0.29) is 5.97 Å². The van der Waals surface area contributed by atoms with Crippen molar-refractivity contribution in [3.05, 3.63) is 70.8 Å². The van der Waals surface area contributed by atoms with E-state index in [1.807, 2.05) is 39.0 Å². The average Bonchev–Trinajstić information content (AvgIpc) is 2.40. The molecule has 0 N–H and O–H groups in total.